The topological polar surface area (TPSA) is 33.0 Å². The first-order chi connectivity index (χ1) is 8.20. The highest BCUT2D eigenvalue weighted by atomic mass is 35.5. The molecule has 17 heavy (non-hydrogen) atoms. The lowest BCUT2D eigenvalue weighted by atomic mass is 9.91. The van der Waals surface area contributed by atoms with Crippen LogP contribution in [0.15, 0.2) is 36.4 Å². The van der Waals surface area contributed by atoms with Crippen LogP contribution in [0.25, 0.3) is 0 Å². The molecule has 2 nitrogen and oxygen atoms in total. The fourth-order valence-electron chi connectivity index (χ4n) is 2.06. The van der Waals surface area contributed by atoms with Crippen molar-refractivity contribution in [2.24, 2.45) is 5.92 Å². The normalized spacial score (nSPS) is 25.1. The van der Waals surface area contributed by atoms with Crippen LogP contribution in [0.2, 0.25) is 5.02 Å². The summed E-state index contributed by atoms with van der Waals surface area (Å²) in [4.78, 5) is 0. The lowest BCUT2D eigenvalue weighted by Gasteiger charge is -2.19. The number of ether oxygens (including phenoxy) is 1. The minimum Gasteiger partial charge on any atom is -0.372 e. The average Bonchev–Trinajstić information content (AvgIpc) is 2.52. The zero-order chi connectivity index (χ0) is 12.3. The molecule has 0 N–H and O–H groups in total. The Morgan fingerprint density at radius 2 is 2.06 bits per heavy atom. The maximum Gasteiger partial charge on any atom is 0.0986 e. The second kappa shape index (κ2) is 5.35. The molecule has 1 fully saturated rings. The van der Waals surface area contributed by atoms with Crippen LogP contribution in [0.4, 0.5) is 0 Å². The van der Waals surface area contributed by atoms with E-state index in [4.69, 9.17) is 16.3 Å². The Morgan fingerprint density at radius 1 is 1.35 bits per heavy atom. The summed E-state index contributed by atoms with van der Waals surface area (Å²) in [5.41, 5.74) is 2.10. The number of hydrogen-bond acceptors (Lipinski definition) is 2. The van der Waals surface area contributed by atoms with Gasteiger partial charge in [0.05, 0.1) is 24.7 Å². The predicted molar refractivity (Wildman–Crippen MR) is 67.6 cm³/mol. The molecule has 0 amide bonds. The van der Waals surface area contributed by atoms with Crippen LogP contribution in [-0.2, 0) is 4.74 Å². The number of nitriles is 1. The van der Waals surface area contributed by atoms with Gasteiger partial charge in [0.2, 0.25) is 0 Å². The molecule has 1 aromatic carbocycles. The molecule has 3 heteroatoms. The van der Waals surface area contributed by atoms with Gasteiger partial charge in [-0.25, -0.2) is 0 Å². The van der Waals surface area contributed by atoms with Crippen molar-refractivity contribution in [3.8, 4) is 6.07 Å². The first-order valence-corrected chi connectivity index (χ1v) is 6.02. The molecule has 88 valence electrons. The van der Waals surface area contributed by atoms with Crippen LogP contribution >= 0.6 is 11.6 Å². The van der Waals surface area contributed by atoms with Crippen molar-refractivity contribution in [2.75, 3.05) is 6.61 Å². The van der Waals surface area contributed by atoms with Crippen molar-refractivity contribution >= 4 is 11.6 Å². The molecule has 2 atom stereocenters. The summed E-state index contributed by atoms with van der Waals surface area (Å²) in [6.45, 7) is 4.59. The van der Waals surface area contributed by atoms with Crippen molar-refractivity contribution in [2.45, 2.75) is 18.9 Å². The summed E-state index contributed by atoms with van der Waals surface area (Å²) < 4.78 is 5.78. The van der Waals surface area contributed by atoms with Gasteiger partial charge in [0.25, 0.3) is 0 Å². The van der Waals surface area contributed by atoms with Crippen LogP contribution in [0.5, 0.6) is 0 Å². The van der Waals surface area contributed by atoms with Gasteiger partial charge in [-0.3, -0.25) is 0 Å². The summed E-state index contributed by atoms with van der Waals surface area (Å²) in [6.07, 6.45) is 1.38. The van der Waals surface area contributed by atoms with Gasteiger partial charge in [0.1, 0.15) is 0 Å². The average molecular weight is 248 g/mol. The second-order valence-electron chi connectivity index (χ2n) is 4.28. The van der Waals surface area contributed by atoms with E-state index in [1.54, 1.807) is 0 Å². The van der Waals surface area contributed by atoms with E-state index in [1.807, 2.05) is 24.3 Å². The molecule has 0 spiro atoms. The Bertz CT molecular complexity index is 446. The van der Waals surface area contributed by atoms with Crippen LogP contribution in [-0.4, -0.2) is 6.61 Å². The highest BCUT2D eigenvalue weighted by Crippen LogP contribution is 2.34. The molecule has 1 heterocycles. The first-order valence-electron chi connectivity index (χ1n) is 5.64. The second-order valence-corrected chi connectivity index (χ2v) is 4.72. The number of benzene rings is 1. The van der Waals surface area contributed by atoms with Crippen LogP contribution < -0.4 is 0 Å². The summed E-state index contributed by atoms with van der Waals surface area (Å²) in [6, 6.07) is 9.82. The molecule has 2 rings (SSSR count). The third-order valence-corrected chi connectivity index (χ3v) is 3.24. The zero-order valence-electron chi connectivity index (χ0n) is 9.53. The fourth-order valence-corrected chi connectivity index (χ4v) is 2.19. The smallest absolute Gasteiger partial charge is 0.0986 e. The molecule has 0 radical (unpaired) electrons. The Balaban J connectivity index is 2.25. The third-order valence-electron chi connectivity index (χ3n) is 2.99. The third kappa shape index (κ3) is 2.88. The quantitative estimate of drug-likeness (QED) is 0.706. The van der Waals surface area contributed by atoms with Crippen molar-refractivity contribution < 1.29 is 4.74 Å². The molecule has 1 saturated heterocycles. The monoisotopic (exact) mass is 247 g/mol. The molecule has 1 aliphatic heterocycles. The molecule has 1 aliphatic rings. The standard InChI is InChI=1S/C14H14ClNO/c1-10-6-7-17-14(12(8-10)9-16)11-2-4-13(15)5-3-11/h2-5,12,14H,1,6-8H2. The van der Waals surface area contributed by atoms with E-state index >= 15 is 0 Å². The zero-order valence-corrected chi connectivity index (χ0v) is 10.3. The van der Waals surface area contributed by atoms with Gasteiger partial charge in [-0.15, -0.1) is 0 Å². The first kappa shape index (κ1) is 12.2. The van der Waals surface area contributed by atoms with Crippen molar-refractivity contribution in [1.29, 1.82) is 5.26 Å². The molecule has 0 saturated carbocycles. The van der Waals surface area contributed by atoms with E-state index < -0.39 is 0 Å². The fraction of sp³-hybridized carbons (Fsp3) is 0.357. The minimum absolute atomic E-state index is 0.161. The van der Waals surface area contributed by atoms with Crippen LogP contribution in [0.3, 0.4) is 0 Å². The SMILES string of the molecule is C=C1CCOC(c2ccc(Cl)cc2)C(C#N)C1. The van der Waals surface area contributed by atoms with Gasteiger partial charge in [-0.2, -0.15) is 5.26 Å². The van der Waals surface area contributed by atoms with E-state index in [0.29, 0.717) is 18.1 Å². The van der Waals surface area contributed by atoms with Crippen LogP contribution in [0.1, 0.15) is 24.5 Å². The maximum absolute atomic E-state index is 9.22. The summed E-state index contributed by atoms with van der Waals surface area (Å²) >= 11 is 5.86. The molecule has 0 aliphatic carbocycles. The molecular weight excluding hydrogens is 234 g/mol. The van der Waals surface area contributed by atoms with Crippen molar-refractivity contribution in [3.05, 3.63) is 47.0 Å². The van der Waals surface area contributed by atoms with Crippen molar-refractivity contribution in [3.63, 3.8) is 0 Å². The lowest BCUT2D eigenvalue weighted by molar-refractivity contribution is 0.0393. The number of halogens is 1. The van der Waals surface area contributed by atoms with E-state index in [0.717, 1.165) is 17.6 Å². The summed E-state index contributed by atoms with van der Waals surface area (Å²) in [7, 11) is 0. The van der Waals surface area contributed by atoms with E-state index in [9.17, 15) is 5.26 Å². The molecule has 2 unspecified atom stereocenters. The number of hydrogen-bond donors (Lipinski definition) is 0. The van der Waals surface area contributed by atoms with E-state index in [1.165, 1.54) is 0 Å². The van der Waals surface area contributed by atoms with Crippen molar-refractivity contribution in [1.82, 2.24) is 0 Å². The van der Waals surface area contributed by atoms with E-state index in [-0.39, 0.29) is 12.0 Å². The Labute approximate surface area is 106 Å². The minimum atomic E-state index is -0.170. The summed E-state index contributed by atoms with van der Waals surface area (Å²) in [5, 5.41) is 9.92. The Morgan fingerprint density at radius 3 is 2.71 bits per heavy atom. The highest BCUT2D eigenvalue weighted by Gasteiger charge is 2.27. The number of nitrogens with zero attached hydrogens (tertiary/aromatic N) is 1. The van der Waals surface area contributed by atoms with Gasteiger partial charge in [-0.1, -0.05) is 35.9 Å². The molecule has 0 bridgehead atoms. The van der Waals surface area contributed by atoms with E-state index in [2.05, 4.69) is 12.6 Å². The molecule has 0 aromatic heterocycles. The predicted octanol–water partition coefficient (Wildman–Crippen LogP) is 3.89. The van der Waals surface area contributed by atoms with Crippen LogP contribution in [0, 0.1) is 17.2 Å². The Hall–Kier alpha value is -1.30. The largest absolute Gasteiger partial charge is 0.372 e. The van der Waals surface area contributed by atoms with Gasteiger partial charge in [0.15, 0.2) is 0 Å². The summed E-state index contributed by atoms with van der Waals surface area (Å²) in [5.74, 6) is -0.161. The molecule has 1 aromatic rings. The number of rotatable bonds is 1. The van der Waals surface area contributed by atoms with Gasteiger partial charge >= 0.3 is 0 Å². The Kier molecular flexibility index (Phi) is 3.83. The highest BCUT2D eigenvalue weighted by molar-refractivity contribution is 6.30. The maximum atomic E-state index is 9.22. The lowest BCUT2D eigenvalue weighted by Crippen LogP contribution is -2.13. The van der Waals surface area contributed by atoms with Gasteiger partial charge in [-0.05, 0) is 30.5 Å². The van der Waals surface area contributed by atoms with Gasteiger partial charge < -0.3 is 4.74 Å². The molecular formula is C14H14ClNO. The van der Waals surface area contributed by atoms with Gasteiger partial charge in [0, 0.05) is 5.02 Å².